The molecule has 3 nitrogen and oxygen atoms in total. The molecule has 14 heavy (non-hydrogen) atoms. The third-order valence-electron chi connectivity index (χ3n) is 3.21. The summed E-state index contributed by atoms with van der Waals surface area (Å²) >= 11 is 0. The lowest BCUT2D eigenvalue weighted by Crippen LogP contribution is -2.42. The lowest BCUT2D eigenvalue weighted by Gasteiger charge is -2.26. The third-order valence-corrected chi connectivity index (χ3v) is 3.21. The first kappa shape index (κ1) is 11.7. The molecule has 0 saturated carbocycles. The van der Waals surface area contributed by atoms with Gasteiger partial charge in [0.15, 0.2) is 5.78 Å². The van der Waals surface area contributed by atoms with Crippen molar-refractivity contribution >= 4 is 5.78 Å². The smallest absolute Gasteiger partial charge is 0.153 e. The maximum atomic E-state index is 11.9. The molecule has 0 amide bonds. The Bertz CT molecular complexity index is 184. The van der Waals surface area contributed by atoms with Crippen molar-refractivity contribution in [3.8, 4) is 0 Å². The van der Waals surface area contributed by atoms with Crippen LogP contribution in [0.3, 0.4) is 0 Å². The van der Waals surface area contributed by atoms with Crippen LogP contribution in [0.4, 0.5) is 0 Å². The molecule has 1 heterocycles. The van der Waals surface area contributed by atoms with Gasteiger partial charge in [-0.1, -0.05) is 20.3 Å². The molecule has 1 aliphatic heterocycles. The van der Waals surface area contributed by atoms with Gasteiger partial charge in [0.05, 0.1) is 6.04 Å². The van der Waals surface area contributed by atoms with Crippen molar-refractivity contribution in [2.75, 3.05) is 13.2 Å². The molecule has 1 aliphatic rings. The largest absolute Gasteiger partial charge is 0.381 e. The van der Waals surface area contributed by atoms with Crippen LogP contribution < -0.4 is 5.73 Å². The van der Waals surface area contributed by atoms with Crippen LogP contribution in [0.15, 0.2) is 0 Å². The molecule has 0 aromatic carbocycles. The Balaban J connectivity index is 2.46. The Labute approximate surface area is 86.0 Å². The van der Waals surface area contributed by atoms with Gasteiger partial charge >= 0.3 is 0 Å². The monoisotopic (exact) mass is 199 g/mol. The maximum absolute atomic E-state index is 11.9. The first-order valence-electron chi connectivity index (χ1n) is 5.53. The van der Waals surface area contributed by atoms with E-state index in [9.17, 15) is 4.79 Å². The molecule has 0 aromatic rings. The molecule has 0 bridgehead atoms. The second-order valence-electron chi connectivity index (χ2n) is 4.20. The molecule has 1 rings (SSSR count). The summed E-state index contributed by atoms with van der Waals surface area (Å²) in [6.07, 6.45) is 2.67. The van der Waals surface area contributed by atoms with E-state index in [1.807, 2.05) is 6.92 Å². The van der Waals surface area contributed by atoms with Crippen LogP contribution in [0, 0.1) is 11.8 Å². The minimum atomic E-state index is -0.275. The summed E-state index contributed by atoms with van der Waals surface area (Å²) in [4.78, 5) is 11.9. The first-order chi connectivity index (χ1) is 6.66. The number of carbonyl (C=O) groups is 1. The molecule has 1 saturated heterocycles. The molecule has 1 fully saturated rings. The minimum absolute atomic E-state index is 0.146. The van der Waals surface area contributed by atoms with Crippen LogP contribution in [0.2, 0.25) is 0 Å². The molecule has 0 spiro atoms. The van der Waals surface area contributed by atoms with Gasteiger partial charge in [-0.05, 0) is 18.8 Å². The quantitative estimate of drug-likeness (QED) is 0.743. The fourth-order valence-corrected chi connectivity index (χ4v) is 1.79. The zero-order valence-electron chi connectivity index (χ0n) is 9.16. The highest BCUT2D eigenvalue weighted by Crippen LogP contribution is 2.19. The molecule has 2 atom stereocenters. The number of nitrogens with two attached hydrogens (primary N) is 1. The van der Waals surface area contributed by atoms with Gasteiger partial charge in [0.1, 0.15) is 0 Å². The van der Waals surface area contributed by atoms with E-state index in [-0.39, 0.29) is 17.7 Å². The van der Waals surface area contributed by atoms with Gasteiger partial charge in [-0.25, -0.2) is 0 Å². The van der Waals surface area contributed by atoms with E-state index in [0.29, 0.717) is 19.1 Å². The van der Waals surface area contributed by atoms with Gasteiger partial charge in [-0.2, -0.15) is 0 Å². The number of ketones is 1. The molecular weight excluding hydrogens is 178 g/mol. The second kappa shape index (κ2) is 5.47. The lowest BCUT2D eigenvalue weighted by molar-refractivity contribution is -0.128. The highest BCUT2D eigenvalue weighted by molar-refractivity contribution is 5.86. The highest BCUT2D eigenvalue weighted by Gasteiger charge is 2.28. The first-order valence-corrected chi connectivity index (χ1v) is 5.53. The Hall–Kier alpha value is -0.410. The summed E-state index contributed by atoms with van der Waals surface area (Å²) in [5, 5.41) is 0. The number of carbonyl (C=O) groups excluding carboxylic acids is 1. The Kier molecular flexibility index (Phi) is 4.55. The lowest BCUT2D eigenvalue weighted by atomic mass is 9.85. The minimum Gasteiger partial charge on any atom is -0.381 e. The van der Waals surface area contributed by atoms with E-state index >= 15 is 0 Å². The number of Topliss-reactive ketones (excluding diaryl/α,β-unsaturated/α-hetero) is 1. The summed E-state index contributed by atoms with van der Waals surface area (Å²) < 4.78 is 5.22. The summed E-state index contributed by atoms with van der Waals surface area (Å²) in [5.41, 5.74) is 5.91. The van der Waals surface area contributed by atoms with Crippen LogP contribution in [0.5, 0.6) is 0 Å². The molecule has 0 aliphatic carbocycles. The summed E-state index contributed by atoms with van der Waals surface area (Å²) in [6.45, 7) is 5.54. The van der Waals surface area contributed by atoms with Crippen molar-refractivity contribution < 1.29 is 9.53 Å². The predicted molar refractivity (Wildman–Crippen MR) is 56.0 cm³/mol. The molecule has 3 heteroatoms. The van der Waals surface area contributed by atoms with E-state index in [2.05, 4.69) is 6.92 Å². The van der Waals surface area contributed by atoms with Gasteiger partial charge in [-0.15, -0.1) is 0 Å². The van der Waals surface area contributed by atoms with E-state index < -0.39 is 0 Å². The summed E-state index contributed by atoms with van der Waals surface area (Å²) in [7, 11) is 0. The summed E-state index contributed by atoms with van der Waals surface area (Å²) in [6, 6.07) is -0.275. The predicted octanol–water partition coefficient (Wildman–Crippen LogP) is 1.36. The Morgan fingerprint density at radius 2 is 2.07 bits per heavy atom. The fourth-order valence-electron chi connectivity index (χ4n) is 1.79. The zero-order chi connectivity index (χ0) is 10.6. The van der Waals surface area contributed by atoms with Crippen molar-refractivity contribution in [1.29, 1.82) is 0 Å². The fraction of sp³-hybridized carbons (Fsp3) is 0.909. The standard InChI is InChI=1S/C11H21NO2/c1-3-8(2)10(12)11(13)9-4-6-14-7-5-9/h8-10H,3-7,12H2,1-2H3. The van der Waals surface area contributed by atoms with E-state index in [1.54, 1.807) is 0 Å². The van der Waals surface area contributed by atoms with Crippen LogP contribution >= 0.6 is 0 Å². The molecule has 2 N–H and O–H groups in total. The maximum Gasteiger partial charge on any atom is 0.153 e. The van der Waals surface area contributed by atoms with Crippen molar-refractivity contribution in [2.45, 2.75) is 39.2 Å². The van der Waals surface area contributed by atoms with Crippen molar-refractivity contribution in [1.82, 2.24) is 0 Å². The van der Waals surface area contributed by atoms with Crippen LogP contribution in [0.1, 0.15) is 33.1 Å². The number of ether oxygens (including phenoxy) is 1. The Morgan fingerprint density at radius 1 is 1.50 bits per heavy atom. The van der Waals surface area contributed by atoms with E-state index in [0.717, 1.165) is 19.3 Å². The van der Waals surface area contributed by atoms with Crippen molar-refractivity contribution in [2.24, 2.45) is 17.6 Å². The van der Waals surface area contributed by atoms with Crippen molar-refractivity contribution in [3.63, 3.8) is 0 Å². The van der Waals surface area contributed by atoms with Crippen molar-refractivity contribution in [3.05, 3.63) is 0 Å². The normalized spacial score (nSPS) is 23.1. The van der Waals surface area contributed by atoms with Gasteiger partial charge in [0.2, 0.25) is 0 Å². The SMILES string of the molecule is CCC(C)C(N)C(=O)C1CCOCC1. The van der Waals surface area contributed by atoms with Crippen LogP contribution in [-0.4, -0.2) is 25.0 Å². The molecule has 2 unspecified atom stereocenters. The molecular formula is C11H21NO2. The zero-order valence-corrected chi connectivity index (χ0v) is 9.16. The number of hydrogen-bond acceptors (Lipinski definition) is 3. The Morgan fingerprint density at radius 3 is 2.57 bits per heavy atom. The van der Waals surface area contributed by atoms with E-state index in [1.165, 1.54) is 0 Å². The molecule has 0 radical (unpaired) electrons. The van der Waals surface area contributed by atoms with Gasteiger partial charge in [0, 0.05) is 19.1 Å². The number of rotatable bonds is 4. The third kappa shape index (κ3) is 2.79. The van der Waals surface area contributed by atoms with Crippen LogP contribution in [-0.2, 0) is 9.53 Å². The van der Waals surface area contributed by atoms with Gasteiger partial charge in [0.25, 0.3) is 0 Å². The second-order valence-corrected chi connectivity index (χ2v) is 4.20. The van der Waals surface area contributed by atoms with Crippen LogP contribution in [0.25, 0.3) is 0 Å². The molecule has 82 valence electrons. The number of hydrogen-bond donors (Lipinski definition) is 1. The topological polar surface area (TPSA) is 52.3 Å². The summed E-state index contributed by atoms with van der Waals surface area (Å²) in [5.74, 6) is 0.681. The average molecular weight is 199 g/mol. The highest BCUT2D eigenvalue weighted by atomic mass is 16.5. The van der Waals surface area contributed by atoms with Gasteiger partial charge in [-0.3, -0.25) is 4.79 Å². The average Bonchev–Trinajstić information content (AvgIpc) is 2.27. The van der Waals surface area contributed by atoms with E-state index in [4.69, 9.17) is 10.5 Å². The molecule has 0 aromatic heterocycles. The van der Waals surface area contributed by atoms with Gasteiger partial charge < -0.3 is 10.5 Å².